The zero-order valence-electron chi connectivity index (χ0n) is 11.7. The highest BCUT2D eigenvalue weighted by molar-refractivity contribution is 5.79. The van der Waals surface area contributed by atoms with E-state index in [1.54, 1.807) is 0 Å². The fourth-order valence-electron chi connectivity index (χ4n) is 2.76. The van der Waals surface area contributed by atoms with Crippen LogP contribution in [0.4, 0.5) is 0 Å². The lowest BCUT2D eigenvalue weighted by molar-refractivity contribution is -0.136. The molecule has 2 unspecified atom stereocenters. The molecule has 0 aliphatic carbocycles. The molecule has 0 spiro atoms. The monoisotopic (exact) mass is 240 g/mol. The second-order valence-electron chi connectivity index (χ2n) is 5.13. The van der Waals surface area contributed by atoms with E-state index in [9.17, 15) is 4.79 Å². The molecule has 100 valence electrons. The van der Waals surface area contributed by atoms with Gasteiger partial charge in [-0.2, -0.15) is 0 Å². The molecular weight excluding hydrogens is 212 g/mol. The Morgan fingerprint density at radius 3 is 2.82 bits per heavy atom. The van der Waals surface area contributed by atoms with Crippen molar-refractivity contribution < 1.29 is 4.79 Å². The number of rotatable bonds is 7. The Morgan fingerprint density at radius 2 is 2.24 bits per heavy atom. The number of carbonyl (C=O) groups is 1. The first-order chi connectivity index (χ1) is 8.24. The third-order valence-corrected chi connectivity index (χ3v) is 3.85. The summed E-state index contributed by atoms with van der Waals surface area (Å²) in [5.74, 6) is 0.658. The van der Waals surface area contributed by atoms with Crippen LogP contribution in [-0.4, -0.2) is 37.0 Å². The van der Waals surface area contributed by atoms with Gasteiger partial charge in [0.25, 0.3) is 0 Å². The number of nitrogens with one attached hydrogen (secondary N) is 1. The molecule has 1 amide bonds. The van der Waals surface area contributed by atoms with Gasteiger partial charge in [0, 0.05) is 25.0 Å². The van der Waals surface area contributed by atoms with Crippen LogP contribution in [0.3, 0.4) is 0 Å². The van der Waals surface area contributed by atoms with Crippen molar-refractivity contribution in [3.05, 3.63) is 0 Å². The zero-order valence-corrected chi connectivity index (χ0v) is 11.7. The topological polar surface area (TPSA) is 32.3 Å². The van der Waals surface area contributed by atoms with Gasteiger partial charge in [0.05, 0.1) is 0 Å². The first-order valence-electron chi connectivity index (χ1n) is 7.19. The van der Waals surface area contributed by atoms with Crippen LogP contribution >= 0.6 is 0 Å². The Balaban J connectivity index is 2.53. The summed E-state index contributed by atoms with van der Waals surface area (Å²) in [7, 11) is 1.97. The molecule has 17 heavy (non-hydrogen) atoms. The van der Waals surface area contributed by atoms with Crippen LogP contribution < -0.4 is 5.32 Å². The molecule has 1 fully saturated rings. The van der Waals surface area contributed by atoms with Gasteiger partial charge in [0.1, 0.15) is 0 Å². The minimum absolute atomic E-state index is 0.257. The normalized spacial score (nSPS) is 21.8. The third-order valence-electron chi connectivity index (χ3n) is 3.85. The lowest BCUT2D eigenvalue weighted by Gasteiger charge is -2.28. The number of hydrogen-bond acceptors (Lipinski definition) is 2. The van der Waals surface area contributed by atoms with E-state index in [2.05, 4.69) is 24.1 Å². The summed E-state index contributed by atoms with van der Waals surface area (Å²) in [5, 5.41) is 3.20. The van der Waals surface area contributed by atoms with Crippen LogP contribution in [0.2, 0.25) is 0 Å². The average Bonchev–Trinajstić information content (AvgIpc) is 2.78. The first-order valence-corrected chi connectivity index (χ1v) is 7.19. The van der Waals surface area contributed by atoms with Crippen molar-refractivity contribution in [1.29, 1.82) is 0 Å². The minimum atomic E-state index is 0.257. The number of hydrogen-bond donors (Lipinski definition) is 1. The number of amides is 1. The number of carbonyl (C=O) groups excluding carboxylic acids is 1. The highest BCUT2D eigenvalue weighted by Crippen LogP contribution is 2.23. The molecule has 1 N–H and O–H groups in total. The molecular formula is C14H28N2O. The van der Waals surface area contributed by atoms with Gasteiger partial charge in [-0.25, -0.2) is 0 Å². The molecule has 1 aliphatic rings. The summed E-state index contributed by atoms with van der Waals surface area (Å²) >= 11 is 0. The predicted octanol–water partition coefficient (Wildman–Crippen LogP) is 2.41. The van der Waals surface area contributed by atoms with E-state index in [-0.39, 0.29) is 5.92 Å². The van der Waals surface area contributed by atoms with Crippen LogP contribution in [0.25, 0.3) is 0 Å². The SMILES string of the molecule is CCCCC(CC)C(=O)N1CCCC1CNC. The molecule has 3 nitrogen and oxygen atoms in total. The number of nitrogens with zero attached hydrogens (tertiary/aromatic N) is 1. The Kier molecular flexibility index (Phi) is 6.56. The summed E-state index contributed by atoms with van der Waals surface area (Å²) in [6, 6.07) is 0.433. The van der Waals surface area contributed by atoms with Gasteiger partial charge in [-0.1, -0.05) is 26.7 Å². The van der Waals surface area contributed by atoms with E-state index in [1.165, 1.54) is 19.3 Å². The lowest BCUT2D eigenvalue weighted by Crippen LogP contribution is -2.43. The maximum atomic E-state index is 12.5. The highest BCUT2D eigenvalue weighted by Gasteiger charge is 2.31. The Bertz CT molecular complexity index is 230. The second kappa shape index (κ2) is 7.70. The van der Waals surface area contributed by atoms with Gasteiger partial charge >= 0.3 is 0 Å². The van der Waals surface area contributed by atoms with E-state index in [4.69, 9.17) is 0 Å². The fraction of sp³-hybridized carbons (Fsp3) is 0.929. The summed E-state index contributed by atoms with van der Waals surface area (Å²) in [6.07, 6.45) is 6.74. The third kappa shape index (κ3) is 3.98. The molecule has 0 aromatic rings. The molecule has 0 aromatic carbocycles. The van der Waals surface area contributed by atoms with Crippen molar-refractivity contribution in [3.8, 4) is 0 Å². The van der Waals surface area contributed by atoms with Crippen LogP contribution in [0.5, 0.6) is 0 Å². The Morgan fingerprint density at radius 1 is 1.47 bits per heavy atom. The molecule has 1 aliphatic heterocycles. The van der Waals surface area contributed by atoms with Crippen LogP contribution in [0, 0.1) is 5.92 Å². The van der Waals surface area contributed by atoms with Gasteiger partial charge in [-0.15, -0.1) is 0 Å². The molecule has 1 saturated heterocycles. The van der Waals surface area contributed by atoms with E-state index < -0.39 is 0 Å². The standard InChI is InChI=1S/C14H28N2O/c1-4-6-8-12(5-2)14(17)16-10-7-9-13(16)11-15-3/h12-13,15H,4-11H2,1-3H3. The van der Waals surface area contributed by atoms with E-state index in [0.717, 1.165) is 32.4 Å². The first kappa shape index (κ1) is 14.5. The van der Waals surface area contributed by atoms with Crippen LogP contribution in [0.15, 0.2) is 0 Å². The summed E-state index contributed by atoms with van der Waals surface area (Å²) in [5.41, 5.74) is 0. The summed E-state index contributed by atoms with van der Waals surface area (Å²) < 4.78 is 0. The molecule has 0 radical (unpaired) electrons. The average molecular weight is 240 g/mol. The Hall–Kier alpha value is -0.570. The van der Waals surface area contributed by atoms with E-state index in [1.807, 2.05) is 7.05 Å². The van der Waals surface area contributed by atoms with Crippen molar-refractivity contribution in [2.24, 2.45) is 5.92 Å². The maximum absolute atomic E-state index is 12.5. The molecule has 2 atom stereocenters. The maximum Gasteiger partial charge on any atom is 0.225 e. The van der Waals surface area contributed by atoms with Crippen molar-refractivity contribution >= 4 is 5.91 Å². The second-order valence-corrected chi connectivity index (χ2v) is 5.13. The summed E-state index contributed by atoms with van der Waals surface area (Å²) in [6.45, 7) is 6.24. The van der Waals surface area contributed by atoms with Crippen molar-refractivity contribution in [2.75, 3.05) is 20.1 Å². The lowest BCUT2D eigenvalue weighted by atomic mass is 9.97. The Labute approximate surface area is 106 Å². The number of likely N-dealkylation sites (tertiary alicyclic amines) is 1. The molecule has 0 aromatic heterocycles. The van der Waals surface area contributed by atoms with Gasteiger partial charge < -0.3 is 10.2 Å². The highest BCUT2D eigenvalue weighted by atomic mass is 16.2. The van der Waals surface area contributed by atoms with Crippen LogP contribution in [0.1, 0.15) is 52.4 Å². The smallest absolute Gasteiger partial charge is 0.225 e. The van der Waals surface area contributed by atoms with Gasteiger partial charge in [-0.05, 0) is 32.7 Å². The molecule has 1 rings (SSSR count). The largest absolute Gasteiger partial charge is 0.338 e. The van der Waals surface area contributed by atoms with Gasteiger partial charge in [0.15, 0.2) is 0 Å². The molecule has 1 heterocycles. The molecule has 3 heteroatoms. The zero-order chi connectivity index (χ0) is 12.7. The van der Waals surface area contributed by atoms with Crippen LogP contribution in [-0.2, 0) is 4.79 Å². The number of likely N-dealkylation sites (N-methyl/N-ethyl adjacent to an activating group) is 1. The molecule has 0 bridgehead atoms. The predicted molar refractivity (Wildman–Crippen MR) is 72.0 cm³/mol. The minimum Gasteiger partial charge on any atom is -0.338 e. The van der Waals surface area contributed by atoms with Crippen molar-refractivity contribution in [2.45, 2.75) is 58.4 Å². The summed E-state index contributed by atoms with van der Waals surface area (Å²) in [4.78, 5) is 14.6. The van der Waals surface area contributed by atoms with Gasteiger partial charge in [0.2, 0.25) is 5.91 Å². The fourth-order valence-corrected chi connectivity index (χ4v) is 2.76. The van der Waals surface area contributed by atoms with E-state index in [0.29, 0.717) is 11.9 Å². The van der Waals surface area contributed by atoms with E-state index >= 15 is 0 Å². The molecule has 0 saturated carbocycles. The van der Waals surface area contributed by atoms with Crippen molar-refractivity contribution in [3.63, 3.8) is 0 Å². The number of unbranched alkanes of at least 4 members (excludes halogenated alkanes) is 1. The van der Waals surface area contributed by atoms with Crippen molar-refractivity contribution in [1.82, 2.24) is 10.2 Å². The van der Waals surface area contributed by atoms with Gasteiger partial charge in [-0.3, -0.25) is 4.79 Å². The quantitative estimate of drug-likeness (QED) is 0.741.